The summed E-state index contributed by atoms with van der Waals surface area (Å²) in [6.07, 6.45) is 3.58. The molecule has 1 aliphatic heterocycles. The predicted octanol–water partition coefficient (Wildman–Crippen LogP) is 1.58. The molecule has 2 aromatic rings. The highest BCUT2D eigenvalue weighted by Crippen LogP contribution is 2.11. The summed E-state index contributed by atoms with van der Waals surface area (Å²) in [5.74, 6) is 0.123. The van der Waals surface area contributed by atoms with Gasteiger partial charge in [-0.3, -0.25) is 4.79 Å². The first kappa shape index (κ1) is 20.0. The van der Waals surface area contributed by atoms with Crippen molar-refractivity contribution in [1.29, 1.82) is 5.26 Å². The Hall–Kier alpha value is -2.07. The maximum absolute atomic E-state index is 11.9. The molecule has 1 amide bonds. The van der Waals surface area contributed by atoms with E-state index in [1.807, 2.05) is 33.7 Å². The molecule has 0 unspecified atom stereocenters. The van der Waals surface area contributed by atoms with E-state index in [-0.39, 0.29) is 30.7 Å². The Balaban J connectivity index is 0.00000144. The third-order valence-corrected chi connectivity index (χ3v) is 3.77. The molecule has 1 aliphatic rings. The number of carbonyl (C=O) groups excluding carboxylic acids is 1. The fourth-order valence-corrected chi connectivity index (χ4v) is 2.51. The Morgan fingerprint density at radius 2 is 1.96 bits per heavy atom. The lowest BCUT2D eigenvalue weighted by Crippen LogP contribution is -2.47. The van der Waals surface area contributed by atoms with Gasteiger partial charge in [0.1, 0.15) is 0 Å². The molecule has 2 heterocycles. The van der Waals surface area contributed by atoms with Gasteiger partial charge in [-0.25, -0.2) is 4.98 Å². The SMILES string of the molecule is Cl.Cl.N#Cc1ccc(Cn2cncc2CN2CCNCC2=O)cc1. The second kappa shape index (κ2) is 9.28. The maximum atomic E-state index is 11.9. The van der Waals surface area contributed by atoms with Gasteiger partial charge in [0.2, 0.25) is 5.91 Å². The van der Waals surface area contributed by atoms with Crippen LogP contribution in [0.4, 0.5) is 0 Å². The summed E-state index contributed by atoms with van der Waals surface area (Å²) in [5.41, 5.74) is 2.77. The Labute approximate surface area is 153 Å². The lowest BCUT2D eigenvalue weighted by Gasteiger charge is -2.27. The van der Waals surface area contributed by atoms with E-state index in [1.165, 1.54) is 0 Å². The number of hydrogen-bond donors (Lipinski definition) is 1. The minimum absolute atomic E-state index is 0. The van der Waals surface area contributed by atoms with Gasteiger partial charge in [-0.05, 0) is 17.7 Å². The lowest BCUT2D eigenvalue weighted by molar-refractivity contribution is -0.132. The zero-order chi connectivity index (χ0) is 15.4. The second-order valence-electron chi connectivity index (χ2n) is 5.31. The molecule has 24 heavy (non-hydrogen) atoms. The molecular weight excluding hydrogens is 349 g/mol. The number of aromatic nitrogens is 2. The summed E-state index contributed by atoms with van der Waals surface area (Å²) in [6, 6.07) is 9.62. The third kappa shape index (κ3) is 4.71. The minimum Gasteiger partial charge on any atom is -0.334 e. The van der Waals surface area contributed by atoms with Gasteiger partial charge < -0.3 is 14.8 Å². The van der Waals surface area contributed by atoms with Crippen LogP contribution in [0.25, 0.3) is 0 Å². The number of nitrogens with one attached hydrogen (secondary N) is 1. The number of rotatable bonds is 4. The van der Waals surface area contributed by atoms with Gasteiger partial charge >= 0.3 is 0 Å². The van der Waals surface area contributed by atoms with Crippen LogP contribution in [0.3, 0.4) is 0 Å². The monoisotopic (exact) mass is 367 g/mol. The number of nitriles is 1. The molecule has 3 rings (SSSR count). The predicted molar refractivity (Wildman–Crippen MR) is 95.3 cm³/mol. The molecule has 128 valence electrons. The number of hydrogen-bond acceptors (Lipinski definition) is 4. The zero-order valence-electron chi connectivity index (χ0n) is 13.0. The number of nitrogens with zero attached hydrogens (tertiary/aromatic N) is 4. The number of carbonyl (C=O) groups is 1. The summed E-state index contributed by atoms with van der Waals surface area (Å²) in [5, 5.41) is 11.9. The Morgan fingerprint density at radius 3 is 2.62 bits per heavy atom. The van der Waals surface area contributed by atoms with Crippen LogP contribution >= 0.6 is 24.8 Å². The van der Waals surface area contributed by atoms with Crippen molar-refractivity contribution >= 4 is 30.7 Å². The van der Waals surface area contributed by atoms with Gasteiger partial charge in [0.25, 0.3) is 0 Å². The van der Waals surface area contributed by atoms with Crippen molar-refractivity contribution in [3.63, 3.8) is 0 Å². The molecule has 1 N–H and O–H groups in total. The van der Waals surface area contributed by atoms with Gasteiger partial charge in [-0.2, -0.15) is 5.26 Å². The molecule has 6 nitrogen and oxygen atoms in total. The molecule has 0 aliphatic carbocycles. The molecular formula is C16H19Cl2N5O. The van der Waals surface area contributed by atoms with Crippen molar-refractivity contribution in [1.82, 2.24) is 19.8 Å². The largest absolute Gasteiger partial charge is 0.334 e. The van der Waals surface area contributed by atoms with Crippen molar-refractivity contribution in [2.24, 2.45) is 0 Å². The van der Waals surface area contributed by atoms with Crippen LogP contribution in [-0.2, 0) is 17.9 Å². The van der Waals surface area contributed by atoms with E-state index in [2.05, 4.69) is 16.4 Å². The van der Waals surface area contributed by atoms with E-state index in [1.54, 1.807) is 12.5 Å². The molecule has 0 spiro atoms. The highest BCUT2D eigenvalue weighted by Gasteiger charge is 2.19. The smallest absolute Gasteiger partial charge is 0.236 e. The second-order valence-corrected chi connectivity index (χ2v) is 5.31. The fraction of sp³-hybridized carbons (Fsp3) is 0.312. The van der Waals surface area contributed by atoms with Crippen LogP contribution in [0.15, 0.2) is 36.8 Å². The number of piperazine rings is 1. The normalized spacial score (nSPS) is 13.6. The Bertz CT molecular complexity index is 708. The van der Waals surface area contributed by atoms with Crippen molar-refractivity contribution in [2.45, 2.75) is 13.1 Å². The molecule has 0 radical (unpaired) electrons. The summed E-state index contributed by atoms with van der Waals surface area (Å²) in [4.78, 5) is 17.9. The van der Waals surface area contributed by atoms with Gasteiger partial charge in [0, 0.05) is 25.8 Å². The molecule has 8 heteroatoms. The minimum atomic E-state index is 0. The van der Waals surface area contributed by atoms with Gasteiger partial charge in [-0.1, -0.05) is 12.1 Å². The number of benzene rings is 1. The van der Waals surface area contributed by atoms with Crippen LogP contribution in [0.1, 0.15) is 16.8 Å². The average molecular weight is 368 g/mol. The highest BCUT2D eigenvalue weighted by molar-refractivity contribution is 5.85. The summed E-state index contributed by atoms with van der Waals surface area (Å²) in [7, 11) is 0. The van der Waals surface area contributed by atoms with E-state index in [0.29, 0.717) is 25.2 Å². The lowest BCUT2D eigenvalue weighted by atomic mass is 10.1. The molecule has 1 aromatic heterocycles. The quantitative estimate of drug-likeness (QED) is 0.889. The van der Waals surface area contributed by atoms with Crippen LogP contribution in [0, 0.1) is 11.3 Å². The number of halogens is 2. The summed E-state index contributed by atoms with van der Waals surface area (Å²) >= 11 is 0. The summed E-state index contributed by atoms with van der Waals surface area (Å²) in [6.45, 7) is 3.22. The number of amides is 1. The number of imidazole rings is 1. The molecule has 0 atom stereocenters. The van der Waals surface area contributed by atoms with Crippen LogP contribution in [0.5, 0.6) is 0 Å². The first-order valence-corrected chi connectivity index (χ1v) is 7.23. The van der Waals surface area contributed by atoms with E-state index in [0.717, 1.165) is 24.3 Å². The van der Waals surface area contributed by atoms with Gasteiger partial charge in [0.15, 0.2) is 0 Å². The summed E-state index contributed by atoms with van der Waals surface area (Å²) < 4.78 is 2.04. The van der Waals surface area contributed by atoms with Crippen LogP contribution in [0.2, 0.25) is 0 Å². The van der Waals surface area contributed by atoms with E-state index in [9.17, 15) is 4.79 Å². The standard InChI is InChI=1S/C16H17N5O.2ClH/c17-7-13-1-3-14(4-2-13)10-21-12-19-8-15(21)11-20-6-5-18-9-16(20)22;;/h1-4,8,12,18H,5-6,9-11H2;2*1H. The van der Waals surface area contributed by atoms with E-state index in [4.69, 9.17) is 5.26 Å². The van der Waals surface area contributed by atoms with Gasteiger partial charge in [0.05, 0.1) is 36.7 Å². The molecule has 0 bridgehead atoms. The van der Waals surface area contributed by atoms with Crippen molar-refractivity contribution < 1.29 is 4.79 Å². The Kier molecular flexibility index (Phi) is 7.72. The van der Waals surface area contributed by atoms with Crippen molar-refractivity contribution in [2.75, 3.05) is 19.6 Å². The molecule has 1 aromatic carbocycles. The highest BCUT2D eigenvalue weighted by atomic mass is 35.5. The maximum Gasteiger partial charge on any atom is 0.236 e. The van der Waals surface area contributed by atoms with Crippen molar-refractivity contribution in [3.05, 3.63) is 53.6 Å². The van der Waals surface area contributed by atoms with E-state index < -0.39 is 0 Å². The third-order valence-electron chi connectivity index (χ3n) is 3.77. The first-order chi connectivity index (χ1) is 10.8. The fourth-order valence-electron chi connectivity index (χ4n) is 2.51. The average Bonchev–Trinajstić information content (AvgIpc) is 2.97. The zero-order valence-corrected chi connectivity index (χ0v) is 14.6. The topological polar surface area (TPSA) is 74.0 Å². The molecule has 0 saturated carbocycles. The van der Waals surface area contributed by atoms with E-state index >= 15 is 0 Å². The van der Waals surface area contributed by atoms with Crippen LogP contribution < -0.4 is 5.32 Å². The first-order valence-electron chi connectivity index (χ1n) is 7.23. The molecule has 1 fully saturated rings. The Morgan fingerprint density at radius 1 is 1.21 bits per heavy atom. The molecule has 1 saturated heterocycles. The van der Waals surface area contributed by atoms with Crippen LogP contribution in [-0.4, -0.2) is 40.0 Å². The van der Waals surface area contributed by atoms with Crippen molar-refractivity contribution in [3.8, 4) is 6.07 Å². The van der Waals surface area contributed by atoms with Gasteiger partial charge in [-0.15, -0.1) is 24.8 Å².